The molecule has 2 aromatic carbocycles. The van der Waals surface area contributed by atoms with Crippen LogP contribution in [0.3, 0.4) is 0 Å². The SMILES string of the molecule is N#Cc1ccccc1Nc1cc(Nc2ccc(Cl)c(Cl)c2)ncn1. The first kappa shape index (κ1) is 16.1. The highest BCUT2D eigenvalue weighted by Crippen LogP contribution is 2.27. The highest BCUT2D eigenvalue weighted by Gasteiger charge is 2.05. The van der Waals surface area contributed by atoms with E-state index in [4.69, 9.17) is 28.5 Å². The number of hydrogen-bond donors (Lipinski definition) is 2. The van der Waals surface area contributed by atoms with E-state index >= 15 is 0 Å². The molecule has 0 radical (unpaired) electrons. The average molecular weight is 356 g/mol. The Balaban J connectivity index is 1.81. The van der Waals surface area contributed by atoms with Crippen LogP contribution in [0.25, 0.3) is 0 Å². The summed E-state index contributed by atoms with van der Waals surface area (Å²) in [6.45, 7) is 0. The van der Waals surface area contributed by atoms with Crippen LogP contribution in [0.15, 0.2) is 54.9 Å². The molecule has 0 aliphatic heterocycles. The molecule has 0 fully saturated rings. The molecule has 0 saturated carbocycles. The van der Waals surface area contributed by atoms with Crippen LogP contribution in [0.2, 0.25) is 10.0 Å². The van der Waals surface area contributed by atoms with E-state index in [9.17, 15) is 0 Å². The van der Waals surface area contributed by atoms with Crippen LogP contribution in [-0.4, -0.2) is 9.97 Å². The number of anilines is 4. The zero-order valence-electron chi connectivity index (χ0n) is 12.3. The van der Waals surface area contributed by atoms with E-state index in [2.05, 4.69) is 26.7 Å². The summed E-state index contributed by atoms with van der Waals surface area (Å²) < 4.78 is 0. The van der Waals surface area contributed by atoms with Gasteiger partial charge in [0.25, 0.3) is 0 Å². The molecule has 7 heteroatoms. The fraction of sp³-hybridized carbons (Fsp3) is 0. The van der Waals surface area contributed by atoms with Gasteiger partial charge in [-0.15, -0.1) is 0 Å². The summed E-state index contributed by atoms with van der Waals surface area (Å²) in [4.78, 5) is 8.33. The predicted octanol–water partition coefficient (Wildman–Crippen LogP) is 5.14. The van der Waals surface area contributed by atoms with E-state index in [0.717, 1.165) is 5.69 Å². The van der Waals surface area contributed by atoms with Gasteiger partial charge in [0, 0.05) is 11.8 Å². The van der Waals surface area contributed by atoms with Crippen molar-refractivity contribution in [1.29, 1.82) is 5.26 Å². The van der Waals surface area contributed by atoms with Crippen molar-refractivity contribution in [3.63, 3.8) is 0 Å². The van der Waals surface area contributed by atoms with Gasteiger partial charge >= 0.3 is 0 Å². The number of rotatable bonds is 4. The van der Waals surface area contributed by atoms with Crippen molar-refractivity contribution in [2.24, 2.45) is 0 Å². The highest BCUT2D eigenvalue weighted by molar-refractivity contribution is 6.42. The van der Waals surface area contributed by atoms with E-state index in [1.54, 1.807) is 36.4 Å². The maximum Gasteiger partial charge on any atom is 0.135 e. The Morgan fingerprint density at radius 2 is 1.62 bits per heavy atom. The number of benzene rings is 2. The minimum atomic E-state index is 0.456. The van der Waals surface area contributed by atoms with Gasteiger partial charge in [0.1, 0.15) is 24.0 Å². The molecule has 118 valence electrons. The van der Waals surface area contributed by atoms with Crippen molar-refractivity contribution in [1.82, 2.24) is 9.97 Å². The first-order valence-electron chi connectivity index (χ1n) is 6.96. The van der Waals surface area contributed by atoms with Gasteiger partial charge in [-0.05, 0) is 30.3 Å². The van der Waals surface area contributed by atoms with Crippen molar-refractivity contribution < 1.29 is 0 Å². The molecule has 3 rings (SSSR count). The number of nitrogens with zero attached hydrogens (tertiary/aromatic N) is 3. The number of halogens is 2. The molecular formula is C17H11Cl2N5. The largest absolute Gasteiger partial charge is 0.340 e. The Hall–Kier alpha value is -2.81. The molecular weight excluding hydrogens is 345 g/mol. The van der Waals surface area contributed by atoms with Crippen molar-refractivity contribution in [2.45, 2.75) is 0 Å². The fourth-order valence-corrected chi connectivity index (χ4v) is 2.34. The van der Waals surface area contributed by atoms with E-state index in [1.807, 2.05) is 12.1 Å². The Kier molecular flexibility index (Phi) is 4.80. The molecule has 0 amide bonds. The molecule has 3 aromatic rings. The van der Waals surface area contributed by atoms with E-state index in [-0.39, 0.29) is 0 Å². The smallest absolute Gasteiger partial charge is 0.135 e. The molecule has 0 saturated heterocycles. The number of nitrogens with one attached hydrogen (secondary N) is 2. The van der Waals surface area contributed by atoms with Crippen LogP contribution in [0.1, 0.15) is 5.56 Å². The van der Waals surface area contributed by atoms with Crippen molar-refractivity contribution in [3.05, 3.63) is 70.5 Å². The number of para-hydroxylation sites is 1. The summed E-state index contributed by atoms with van der Waals surface area (Å²) in [5.74, 6) is 1.15. The Morgan fingerprint density at radius 3 is 2.38 bits per heavy atom. The summed E-state index contributed by atoms with van der Waals surface area (Å²) in [5, 5.41) is 16.3. The first-order valence-corrected chi connectivity index (χ1v) is 7.71. The van der Waals surface area contributed by atoms with Crippen LogP contribution in [-0.2, 0) is 0 Å². The summed E-state index contributed by atoms with van der Waals surface area (Å²) in [7, 11) is 0. The molecule has 0 bridgehead atoms. The molecule has 0 unspecified atom stereocenters. The van der Waals surface area contributed by atoms with Gasteiger partial charge in [-0.3, -0.25) is 0 Å². The second-order valence-corrected chi connectivity index (χ2v) is 5.64. The lowest BCUT2D eigenvalue weighted by molar-refractivity contribution is 1.17. The lowest BCUT2D eigenvalue weighted by Gasteiger charge is -2.10. The number of hydrogen-bond acceptors (Lipinski definition) is 5. The molecule has 0 aliphatic carbocycles. The predicted molar refractivity (Wildman–Crippen MR) is 96.2 cm³/mol. The summed E-state index contributed by atoms with van der Waals surface area (Å²) in [5.41, 5.74) is 1.97. The van der Waals surface area contributed by atoms with Crippen LogP contribution >= 0.6 is 23.2 Å². The van der Waals surface area contributed by atoms with Gasteiger partial charge in [0.15, 0.2) is 0 Å². The fourth-order valence-electron chi connectivity index (χ4n) is 2.04. The minimum absolute atomic E-state index is 0.456. The molecule has 5 nitrogen and oxygen atoms in total. The minimum Gasteiger partial charge on any atom is -0.340 e. The van der Waals surface area contributed by atoms with Gasteiger partial charge in [0.05, 0.1) is 21.3 Å². The molecule has 24 heavy (non-hydrogen) atoms. The third-order valence-electron chi connectivity index (χ3n) is 3.17. The normalized spacial score (nSPS) is 10.0. The van der Waals surface area contributed by atoms with Crippen LogP contribution in [0, 0.1) is 11.3 Å². The van der Waals surface area contributed by atoms with Crippen molar-refractivity contribution in [2.75, 3.05) is 10.6 Å². The van der Waals surface area contributed by atoms with Crippen LogP contribution in [0.5, 0.6) is 0 Å². The highest BCUT2D eigenvalue weighted by atomic mass is 35.5. The monoisotopic (exact) mass is 355 g/mol. The van der Waals surface area contributed by atoms with Gasteiger partial charge in [-0.1, -0.05) is 35.3 Å². The first-order chi connectivity index (χ1) is 11.7. The second kappa shape index (κ2) is 7.18. The van der Waals surface area contributed by atoms with Crippen LogP contribution < -0.4 is 10.6 Å². The second-order valence-electron chi connectivity index (χ2n) is 4.82. The van der Waals surface area contributed by atoms with Gasteiger partial charge < -0.3 is 10.6 Å². The maximum absolute atomic E-state index is 9.14. The third kappa shape index (κ3) is 3.74. The van der Waals surface area contributed by atoms with E-state index < -0.39 is 0 Å². The lowest BCUT2D eigenvalue weighted by atomic mass is 10.2. The quantitative estimate of drug-likeness (QED) is 0.677. The average Bonchev–Trinajstić information content (AvgIpc) is 2.59. The zero-order valence-corrected chi connectivity index (χ0v) is 13.8. The van der Waals surface area contributed by atoms with Gasteiger partial charge in [-0.2, -0.15) is 5.26 Å². The third-order valence-corrected chi connectivity index (χ3v) is 3.91. The molecule has 0 spiro atoms. The summed E-state index contributed by atoms with van der Waals surface area (Å²) in [6, 6.07) is 16.3. The number of aromatic nitrogens is 2. The van der Waals surface area contributed by atoms with Gasteiger partial charge in [0.2, 0.25) is 0 Å². The van der Waals surface area contributed by atoms with E-state index in [1.165, 1.54) is 6.33 Å². The van der Waals surface area contributed by atoms with Crippen molar-refractivity contribution in [3.8, 4) is 6.07 Å². The Bertz CT molecular complexity index is 921. The summed E-state index contributed by atoms with van der Waals surface area (Å²) >= 11 is 11.9. The molecule has 2 N–H and O–H groups in total. The van der Waals surface area contributed by atoms with Crippen molar-refractivity contribution >= 4 is 46.2 Å². The summed E-state index contributed by atoms with van der Waals surface area (Å²) in [6.07, 6.45) is 1.43. The topological polar surface area (TPSA) is 73.6 Å². The standard InChI is InChI=1S/C17H11Cl2N5/c18-13-6-5-12(7-14(13)19)23-16-8-17(22-10-21-16)24-15-4-2-1-3-11(15)9-20/h1-8,10H,(H2,21,22,23,24). The zero-order chi connectivity index (χ0) is 16.9. The lowest BCUT2D eigenvalue weighted by Crippen LogP contribution is -1.99. The Labute approximate surface area is 148 Å². The van der Waals surface area contributed by atoms with Gasteiger partial charge in [-0.25, -0.2) is 9.97 Å². The van der Waals surface area contributed by atoms with Crippen LogP contribution in [0.4, 0.5) is 23.0 Å². The van der Waals surface area contributed by atoms with E-state index in [0.29, 0.717) is 32.9 Å². The molecule has 1 aromatic heterocycles. The maximum atomic E-state index is 9.14. The number of nitriles is 1. The molecule has 0 aliphatic rings. The molecule has 0 atom stereocenters. The Morgan fingerprint density at radius 1 is 0.875 bits per heavy atom. The molecule has 1 heterocycles.